The second-order valence-corrected chi connectivity index (χ2v) is 2.85. The summed E-state index contributed by atoms with van der Waals surface area (Å²) < 4.78 is 0.667. The van der Waals surface area contributed by atoms with Crippen LogP contribution in [-0.2, 0) is 0 Å². The van der Waals surface area contributed by atoms with E-state index in [2.05, 4.69) is 31.1 Å². The molecule has 0 unspecified atom stereocenters. The molecule has 48 valence electrons. The zero-order valence-electron chi connectivity index (χ0n) is 4.71. The Balaban J connectivity index is 2.88. The van der Waals surface area contributed by atoms with Crippen LogP contribution in [0.4, 0.5) is 0 Å². The summed E-state index contributed by atoms with van der Waals surface area (Å²) in [6, 6.07) is 0. The molecule has 1 aromatic rings. The SMILES string of the molecule is CSc1ncc(Br)nn1. The van der Waals surface area contributed by atoms with E-state index in [1.54, 1.807) is 6.20 Å². The van der Waals surface area contributed by atoms with Crippen molar-refractivity contribution < 1.29 is 0 Å². The Kier molecular flexibility index (Phi) is 2.41. The third-order valence-corrected chi connectivity index (χ3v) is 1.61. The zero-order valence-corrected chi connectivity index (χ0v) is 7.11. The van der Waals surface area contributed by atoms with E-state index in [0.717, 1.165) is 0 Å². The van der Waals surface area contributed by atoms with Crippen LogP contribution in [0.15, 0.2) is 16.0 Å². The number of hydrogen-bond acceptors (Lipinski definition) is 4. The van der Waals surface area contributed by atoms with Crippen molar-refractivity contribution in [2.75, 3.05) is 6.26 Å². The first-order valence-electron chi connectivity index (χ1n) is 2.22. The number of aromatic nitrogens is 3. The molecule has 0 aromatic carbocycles. The zero-order chi connectivity index (χ0) is 6.69. The minimum absolute atomic E-state index is 0.667. The van der Waals surface area contributed by atoms with Crippen LogP contribution in [0.1, 0.15) is 0 Å². The van der Waals surface area contributed by atoms with Gasteiger partial charge in [0.1, 0.15) is 4.60 Å². The second-order valence-electron chi connectivity index (χ2n) is 1.27. The summed E-state index contributed by atoms with van der Waals surface area (Å²) in [7, 11) is 0. The van der Waals surface area contributed by atoms with Crippen LogP contribution in [-0.4, -0.2) is 21.4 Å². The van der Waals surface area contributed by atoms with Crippen molar-refractivity contribution in [3.05, 3.63) is 10.8 Å². The Bertz CT molecular complexity index is 188. The molecule has 5 heteroatoms. The Morgan fingerprint density at radius 2 is 2.33 bits per heavy atom. The van der Waals surface area contributed by atoms with Crippen molar-refractivity contribution in [1.82, 2.24) is 15.2 Å². The molecule has 0 saturated heterocycles. The number of halogens is 1. The van der Waals surface area contributed by atoms with Gasteiger partial charge >= 0.3 is 0 Å². The summed E-state index contributed by atoms with van der Waals surface area (Å²) in [6.07, 6.45) is 3.53. The molecule has 0 spiro atoms. The fourth-order valence-electron chi connectivity index (χ4n) is 0.344. The van der Waals surface area contributed by atoms with Crippen molar-refractivity contribution in [3.8, 4) is 0 Å². The molecule has 0 aliphatic rings. The van der Waals surface area contributed by atoms with Gasteiger partial charge in [-0.3, -0.25) is 0 Å². The van der Waals surface area contributed by atoms with Crippen LogP contribution >= 0.6 is 27.7 Å². The van der Waals surface area contributed by atoms with Crippen molar-refractivity contribution in [1.29, 1.82) is 0 Å². The summed E-state index contributed by atoms with van der Waals surface area (Å²) in [5.41, 5.74) is 0. The molecule has 1 heterocycles. The molecule has 0 amide bonds. The van der Waals surface area contributed by atoms with Crippen molar-refractivity contribution in [3.63, 3.8) is 0 Å². The Morgan fingerprint density at radius 3 is 2.78 bits per heavy atom. The predicted octanol–water partition coefficient (Wildman–Crippen LogP) is 1.36. The number of rotatable bonds is 1. The number of nitrogens with zero attached hydrogens (tertiary/aromatic N) is 3. The highest BCUT2D eigenvalue weighted by Crippen LogP contribution is 2.07. The van der Waals surface area contributed by atoms with E-state index in [1.807, 2.05) is 6.26 Å². The normalized spacial score (nSPS) is 9.56. The average Bonchev–Trinajstić information content (AvgIpc) is 1.90. The van der Waals surface area contributed by atoms with E-state index in [-0.39, 0.29) is 0 Å². The predicted molar refractivity (Wildman–Crippen MR) is 39.3 cm³/mol. The van der Waals surface area contributed by atoms with Gasteiger partial charge in [0.15, 0.2) is 0 Å². The standard InChI is InChI=1S/C4H4BrN3S/c1-9-4-6-2-3(5)7-8-4/h2H,1H3. The van der Waals surface area contributed by atoms with Gasteiger partial charge in [0.05, 0.1) is 6.20 Å². The number of thioether (sulfide) groups is 1. The van der Waals surface area contributed by atoms with E-state index in [0.29, 0.717) is 9.76 Å². The van der Waals surface area contributed by atoms with Gasteiger partial charge in [-0.2, -0.15) is 0 Å². The van der Waals surface area contributed by atoms with E-state index in [9.17, 15) is 0 Å². The topological polar surface area (TPSA) is 38.7 Å². The monoisotopic (exact) mass is 205 g/mol. The minimum Gasteiger partial charge on any atom is -0.227 e. The van der Waals surface area contributed by atoms with Gasteiger partial charge in [0, 0.05) is 0 Å². The molecule has 0 N–H and O–H groups in total. The smallest absolute Gasteiger partial charge is 0.208 e. The van der Waals surface area contributed by atoms with Crippen LogP contribution in [0, 0.1) is 0 Å². The van der Waals surface area contributed by atoms with Gasteiger partial charge in [0.25, 0.3) is 0 Å². The van der Waals surface area contributed by atoms with Crippen LogP contribution in [0.3, 0.4) is 0 Å². The molecule has 9 heavy (non-hydrogen) atoms. The van der Waals surface area contributed by atoms with Crippen LogP contribution in [0.25, 0.3) is 0 Å². The molecule has 0 saturated carbocycles. The Morgan fingerprint density at radius 1 is 1.56 bits per heavy atom. The first-order valence-corrected chi connectivity index (χ1v) is 4.24. The highest BCUT2D eigenvalue weighted by molar-refractivity contribution is 9.10. The first kappa shape index (κ1) is 6.95. The van der Waals surface area contributed by atoms with Gasteiger partial charge < -0.3 is 0 Å². The molecule has 1 rings (SSSR count). The fraction of sp³-hybridized carbons (Fsp3) is 0.250. The number of hydrogen-bond donors (Lipinski definition) is 0. The summed E-state index contributed by atoms with van der Waals surface area (Å²) in [5, 5.41) is 8.18. The summed E-state index contributed by atoms with van der Waals surface area (Å²) in [4.78, 5) is 3.94. The maximum absolute atomic E-state index is 3.94. The molecule has 3 nitrogen and oxygen atoms in total. The van der Waals surface area contributed by atoms with Crippen LogP contribution in [0.2, 0.25) is 0 Å². The molecule has 0 atom stereocenters. The maximum Gasteiger partial charge on any atom is 0.208 e. The lowest BCUT2D eigenvalue weighted by Gasteiger charge is -1.89. The first-order chi connectivity index (χ1) is 4.33. The lowest BCUT2D eigenvalue weighted by atomic mass is 10.9. The molecule has 0 aliphatic heterocycles. The third-order valence-electron chi connectivity index (χ3n) is 0.695. The lowest BCUT2D eigenvalue weighted by molar-refractivity contribution is 0.824. The van der Waals surface area contributed by atoms with Crippen LogP contribution < -0.4 is 0 Å². The van der Waals surface area contributed by atoms with Crippen molar-refractivity contribution >= 4 is 27.7 Å². The van der Waals surface area contributed by atoms with E-state index >= 15 is 0 Å². The fourth-order valence-corrected chi connectivity index (χ4v) is 0.806. The molecule has 0 radical (unpaired) electrons. The lowest BCUT2D eigenvalue weighted by Crippen LogP contribution is -1.87. The molecule has 0 fully saturated rings. The molecular formula is C4H4BrN3S. The molecule has 0 bridgehead atoms. The highest BCUT2D eigenvalue weighted by atomic mass is 79.9. The van der Waals surface area contributed by atoms with Crippen molar-refractivity contribution in [2.24, 2.45) is 0 Å². The second kappa shape index (κ2) is 3.12. The Hall–Kier alpha value is -0.160. The quantitative estimate of drug-likeness (QED) is 0.650. The van der Waals surface area contributed by atoms with Gasteiger partial charge in [-0.05, 0) is 22.2 Å². The van der Waals surface area contributed by atoms with Gasteiger partial charge in [-0.25, -0.2) is 4.98 Å². The van der Waals surface area contributed by atoms with Gasteiger partial charge in [0.2, 0.25) is 5.16 Å². The molecule has 1 aromatic heterocycles. The van der Waals surface area contributed by atoms with Crippen molar-refractivity contribution in [2.45, 2.75) is 5.16 Å². The van der Waals surface area contributed by atoms with Gasteiger partial charge in [-0.15, -0.1) is 10.2 Å². The summed E-state index contributed by atoms with van der Waals surface area (Å²) in [5.74, 6) is 0. The maximum atomic E-state index is 3.94. The molecule has 0 aliphatic carbocycles. The highest BCUT2D eigenvalue weighted by Gasteiger charge is 1.91. The van der Waals surface area contributed by atoms with Crippen LogP contribution in [0.5, 0.6) is 0 Å². The van der Waals surface area contributed by atoms with E-state index in [1.165, 1.54) is 11.8 Å². The molecular weight excluding hydrogens is 202 g/mol. The summed E-state index contributed by atoms with van der Waals surface area (Å²) >= 11 is 4.60. The largest absolute Gasteiger partial charge is 0.227 e. The van der Waals surface area contributed by atoms with Gasteiger partial charge in [-0.1, -0.05) is 11.8 Å². The summed E-state index contributed by atoms with van der Waals surface area (Å²) in [6.45, 7) is 0. The minimum atomic E-state index is 0.667. The van der Waals surface area contributed by atoms with E-state index in [4.69, 9.17) is 0 Å². The van der Waals surface area contributed by atoms with E-state index < -0.39 is 0 Å². The third kappa shape index (κ3) is 1.91. The Labute approximate surface area is 65.4 Å². The average molecular weight is 206 g/mol.